The Bertz CT molecular complexity index is 626. The standard InChI is InChI=1S/C21H43O3PSi3/c1-10-28(11-2,12-3)19-18-25(22,24-27(7,8)9)21(23-26(4,5)6)20-16-14-13-15-17-20/h13-17,21H,10-12,18-19H2,1-9H3. The first-order chi connectivity index (χ1) is 12.8. The molecule has 0 saturated carbocycles. The monoisotopic (exact) mass is 458 g/mol. The lowest BCUT2D eigenvalue weighted by Gasteiger charge is -2.38. The van der Waals surface area contributed by atoms with Crippen LogP contribution in [0.2, 0.25) is 63.5 Å². The summed E-state index contributed by atoms with van der Waals surface area (Å²) < 4.78 is 27.7. The summed E-state index contributed by atoms with van der Waals surface area (Å²) in [6.45, 7) is 19.9. The third-order valence-electron chi connectivity index (χ3n) is 5.54. The largest absolute Gasteiger partial charge is 0.402 e. The quantitative estimate of drug-likeness (QED) is 0.234. The maximum Gasteiger partial charge on any atom is 0.224 e. The maximum absolute atomic E-state index is 14.5. The third-order valence-corrected chi connectivity index (χ3v) is 18.3. The van der Waals surface area contributed by atoms with Gasteiger partial charge in [0.25, 0.3) is 0 Å². The first-order valence-electron chi connectivity index (χ1n) is 10.8. The predicted molar refractivity (Wildman–Crippen MR) is 133 cm³/mol. The molecule has 0 aliphatic rings. The van der Waals surface area contributed by atoms with Gasteiger partial charge in [0.15, 0.2) is 16.6 Å². The van der Waals surface area contributed by atoms with Crippen LogP contribution in [0.15, 0.2) is 30.3 Å². The summed E-state index contributed by atoms with van der Waals surface area (Å²) in [5.41, 5.74) is 1.00. The van der Waals surface area contributed by atoms with Crippen LogP contribution in [0, 0.1) is 0 Å². The molecule has 0 aliphatic carbocycles. The Balaban J connectivity index is 3.38. The van der Waals surface area contributed by atoms with Crippen molar-refractivity contribution in [2.24, 2.45) is 0 Å². The molecule has 1 aromatic carbocycles. The van der Waals surface area contributed by atoms with Gasteiger partial charge in [-0.2, -0.15) is 0 Å². The molecule has 0 N–H and O–H groups in total. The van der Waals surface area contributed by atoms with E-state index in [-0.39, 0.29) is 0 Å². The highest BCUT2D eigenvalue weighted by Gasteiger charge is 2.43. The molecule has 0 heterocycles. The maximum atomic E-state index is 14.5. The molecule has 0 fully saturated rings. The van der Waals surface area contributed by atoms with Gasteiger partial charge in [0.2, 0.25) is 7.37 Å². The molecule has 0 aliphatic heterocycles. The molecule has 2 unspecified atom stereocenters. The Morgan fingerprint density at radius 2 is 1.36 bits per heavy atom. The molecule has 1 rings (SSSR count). The van der Waals surface area contributed by atoms with Crippen LogP contribution in [0.4, 0.5) is 0 Å². The molecule has 0 aromatic heterocycles. The first-order valence-corrected chi connectivity index (χ1v) is 22.3. The van der Waals surface area contributed by atoms with E-state index < -0.39 is 37.9 Å². The molecule has 0 bridgehead atoms. The summed E-state index contributed by atoms with van der Waals surface area (Å²) in [5, 5.41) is 0. The van der Waals surface area contributed by atoms with Gasteiger partial charge in [0.05, 0.1) is 8.07 Å². The Labute approximate surface area is 177 Å². The second-order valence-corrected chi connectivity index (χ2v) is 27.4. The lowest BCUT2D eigenvalue weighted by molar-refractivity contribution is 0.253. The normalized spacial score (nSPS) is 16.6. The topological polar surface area (TPSA) is 35.5 Å². The molecule has 2 atom stereocenters. The Morgan fingerprint density at radius 3 is 1.75 bits per heavy atom. The Kier molecular flexibility index (Phi) is 9.64. The van der Waals surface area contributed by atoms with Gasteiger partial charge >= 0.3 is 0 Å². The predicted octanol–water partition coefficient (Wildman–Crippen LogP) is 8.17. The van der Waals surface area contributed by atoms with Crippen molar-refractivity contribution in [3.8, 4) is 0 Å². The van der Waals surface area contributed by atoms with E-state index in [0.29, 0.717) is 6.16 Å². The number of benzene rings is 1. The van der Waals surface area contributed by atoms with Crippen molar-refractivity contribution in [1.82, 2.24) is 0 Å². The van der Waals surface area contributed by atoms with E-state index in [0.717, 1.165) is 11.6 Å². The highest BCUT2D eigenvalue weighted by molar-refractivity contribution is 7.60. The molecule has 1 aromatic rings. The molecular formula is C21H43O3PSi3. The van der Waals surface area contributed by atoms with Gasteiger partial charge < -0.3 is 8.64 Å². The fourth-order valence-corrected chi connectivity index (χ4v) is 17.1. The zero-order valence-electron chi connectivity index (χ0n) is 19.7. The van der Waals surface area contributed by atoms with Crippen molar-refractivity contribution in [1.29, 1.82) is 0 Å². The second kappa shape index (κ2) is 10.4. The number of hydrogen-bond acceptors (Lipinski definition) is 3. The Morgan fingerprint density at radius 1 is 0.857 bits per heavy atom. The van der Waals surface area contributed by atoms with Crippen molar-refractivity contribution in [2.45, 2.75) is 90.1 Å². The molecule has 0 radical (unpaired) electrons. The van der Waals surface area contributed by atoms with Crippen LogP contribution in [0.5, 0.6) is 0 Å². The highest BCUT2D eigenvalue weighted by atomic mass is 31.2. The second-order valence-electron chi connectivity index (χ2n) is 9.96. The van der Waals surface area contributed by atoms with Gasteiger partial charge in [-0.1, -0.05) is 69.2 Å². The van der Waals surface area contributed by atoms with Crippen LogP contribution in [0.25, 0.3) is 0 Å². The van der Waals surface area contributed by atoms with E-state index in [1.165, 1.54) is 18.1 Å². The smallest absolute Gasteiger partial charge is 0.224 e. The number of rotatable bonds is 12. The zero-order valence-corrected chi connectivity index (χ0v) is 23.6. The summed E-state index contributed by atoms with van der Waals surface area (Å²) in [7, 11) is -8.30. The SMILES string of the molecule is CC[Si](CC)(CC)CCP(=O)(O[Si](C)(C)C)C(O[Si](C)(C)C)c1ccccc1. The minimum absolute atomic E-state index is 0.440. The summed E-state index contributed by atoms with van der Waals surface area (Å²) >= 11 is 0. The van der Waals surface area contributed by atoms with Crippen LogP contribution < -0.4 is 0 Å². The summed E-state index contributed by atoms with van der Waals surface area (Å²) in [6, 6.07) is 14.9. The molecule has 0 saturated heterocycles. The van der Waals surface area contributed by atoms with E-state index in [2.05, 4.69) is 72.2 Å². The van der Waals surface area contributed by atoms with Crippen LogP contribution in [-0.2, 0) is 13.2 Å². The average Bonchev–Trinajstić information content (AvgIpc) is 2.60. The van der Waals surface area contributed by atoms with E-state index >= 15 is 0 Å². The summed E-state index contributed by atoms with van der Waals surface area (Å²) in [4.78, 5) is 0. The van der Waals surface area contributed by atoms with Gasteiger partial charge in [-0.15, -0.1) is 0 Å². The van der Waals surface area contributed by atoms with E-state index in [1.807, 2.05) is 18.2 Å². The van der Waals surface area contributed by atoms with E-state index in [1.54, 1.807) is 0 Å². The number of hydrogen-bond donors (Lipinski definition) is 0. The fraction of sp³-hybridized carbons (Fsp3) is 0.714. The van der Waals surface area contributed by atoms with Crippen molar-refractivity contribution in [2.75, 3.05) is 6.16 Å². The summed E-state index contributed by atoms with van der Waals surface area (Å²) in [6.07, 6.45) is 0.656. The lowest BCUT2D eigenvalue weighted by atomic mass is 10.2. The van der Waals surface area contributed by atoms with Crippen LogP contribution >= 0.6 is 7.37 Å². The van der Waals surface area contributed by atoms with Gasteiger partial charge in [0, 0.05) is 6.16 Å². The van der Waals surface area contributed by atoms with Gasteiger partial charge in [-0.25, -0.2) is 0 Å². The summed E-state index contributed by atoms with van der Waals surface area (Å²) in [5.74, 6) is -0.440. The highest BCUT2D eigenvalue weighted by Crippen LogP contribution is 2.63. The first kappa shape index (κ1) is 26.1. The molecule has 3 nitrogen and oxygen atoms in total. The molecule has 0 amide bonds. The molecule has 28 heavy (non-hydrogen) atoms. The molecule has 162 valence electrons. The van der Waals surface area contributed by atoms with Crippen LogP contribution in [-0.4, -0.2) is 30.9 Å². The minimum Gasteiger partial charge on any atom is -0.402 e. The van der Waals surface area contributed by atoms with Gasteiger partial charge in [0.1, 0.15) is 5.85 Å². The lowest BCUT2D eigenvalue weighted by Crippen LogP contribution is -2.35. The minimum atomic E-state index is -3.00. The van der Waals surface area contributed by atoms with Gasteiger partial charge in [-0.05, 0) is 50.9 Å². The molecule has 0 spiro atoms. The average molecular weight is 459 g/mol. The van der Waals surface area contributed by atoms with Crippen molar-refractivity contribution in [3.05, 3.63) is 35.9 Å². The van der Waals surface area contributed by atoms with Crippen LogP contribution in [0.1, 0.15) is 32.2 Å². The van der Waals surface area contributed by atoms with Gasteiger partial charge in [-0.3, -0.25) is 4.57 Å². The third kappa shape index (κ3) is 8.04. The van der Waals surface area contributed by atoms with E-state index in [9.17, 15) is 4.57 Å². The van der Waals surface area contributed by atoms with Crippen molar-refractivity contribution in [3.63, 3.8) is 0 Å². The van der Waals surface area contributed by atoms with Crippen LogP contribution in [0.3, 0.4) is 0 Å². The Hall–Kier alpha value is 0.0206. The zero-order chi connectivity index (χ0) is 21.6. The van der Waals surface area contributed by atoms with Crippen molar-refractivity contribution >= 4 is 32.1 Å². The van der Waals surface area contributed by atoms with Crippen molar-refractivity contribution < 1.29 is 13.2 Å². The molecule has 7 heteroatoms. The van der Waals surface area contributed by atoms with E-state index in [4.69, 9.17) is 8.64 Å². The molecular weight excluding hydrogens is 415 g/mol. The fourth-order valence-electron chi connectivity index (χ4n) is 3.68.